The molecule has 0 saturated carbocycles. The molecule has 4 aliphatic heterocycles. The minimum Gasteiger partial charge on any atom is -0.379 e. The minimum absolute atomic E-state index is 0.0169. The Bertz CT molecular complexity index is 1510. The molecule has 0 bridgehead atoms. The van der Waals surface area contributed by atoms with Crippen LogP contribution in [0.1, 0.15) is 45.7 Å². The average molecular weight is 597 g/mol. The maximum atomic E-state index is 14.4. The number of ether oxygens (including phenoxy) is 2. The van der Waals surface area contributed by atoms with Gasteiger partial charge in [-0.1, -0.05) is 12.1 Å². The topological polar surface area (TPSA) is 84.8 Å². The lowest BCUT2D eigenvalue weighted by Gasteiger charge is -2.42. The molecule has 1 amide bonds. The molecule has 0 aliphatic carbocycles. The zero-order valence-electron chi connectivity index (χ0n) is 24.1. The molecule has 0 spiro atoms. The Morgan fingerprint density at radius 1 is 1.12 bits per heavy atom. The molecule has 228 valence electrons. The van der Waals surface area contributed by atoms with E-state index in [1.54, 1.807) is 18.5 Å². The number of rotatable bonds is 8. The third-order valence-corrected chi connectivity index (χ3v) is 9.40. The summed E-state index contributed by atoms with van der Waals surface area (Å²) in [7, 11) is 1.88. The van der Waals surface area contributed by atoms with Crippen molar-refractivity contribution in [1.82, 2.24) is 20.1 Å². The second-order valence-corrected chi connectivity index (χ2v) is 12.3. The smallest absolute Gasteiger partial charge is 0.379 e. The number of benzene rings is 2. The van der Waals surface area contributed by atoms with Crippen molar-refractivity contribution >= 4 is 17.3 Å². The normalized spacial score (nSPS) is 20.7. The number of piperidine rings is 1. The number of fused-ring (bicyclic) bond motifs is 1. The molecule has 4 aliphatic rings. The third-order valence-electron chi connectivity index (χ3n) is 9.40. The van der Waals surface area contributed by atoms with Gasteiger partial charge in [0.2, 0.25) is 0 Å². The van der Waals surface area contributed by atoms with Crippen molar-refractivity contribution in [2.75, 3.05) is 55.8 Å². The van der Waals surface area contributed by atoms with E-state index in [1.807, 2.05) is 34.7 Å². The molecule has 0 atom stereocenters. The number of aromatic nitrogens is 3. The van der Waals surface area contributed by atoms with Crippen LogP contribution in [0.5, 0.6) is 0 Å². The summed E-state index contributed by atoms with van der Waals surface area (Å²) in [5.74, 6) is 0.907. The standard InChI is InChI=1S/C31H35F3N6O3/c1-38-19-36-37-28(38)12-30(17-42-18-30)21-3-2-4-22(9-21)40-15-26-25(29(40)41)10-23(11-27(26)31(32,33)34)39-13-24(14-39)43-16-20-5-7-35-8-6-20/h2-4,9-11,19-20,24,35H,5-8,12-18H2,1H3. The summed E-state index contributed by atoms with van der Waals surface area (Å²) in [6.45, 7) is 4.52. The van der Waals surface area contributed by atoms with Crippen LogP contribution < -0.4 is 15.1 Å². The Hall–Kier alpha value is -3.48. The van der Waals surface area contributed by atoms with Crippen molar-refractivity contribution in [2.45, 2.75) is 43.5 Å². The predicted molar refractivity (Wildman–Crippen MR) is 153 cm³/mol. The lowest BCUT2D eigenvalue weighted by atomic mass is 9.75. The summed E-state index contributed by atoms with van der Waals surface area (Å²) in [5.41, 5.74) is 0.953. The highest BCUT2D eigenvalue weighted by Crippen LogP contribution is 2.43. The van der Waals surface area contributed by atoms with E-state index in [1.165, 1.54) is 11.0 Å². The summed E-state index contributed by atoms with van der Waals surface area (Å²) in [5, 5.41) is 11.5. The maximum Gasteiger partial charge on any atom is 0.416 e. The molecule has 3 aromatic rings. The highest BCUT2D eigenvalue weighted by molar-refractivity contribution is 6.11. The molecule has 1 N–H and O–H groups in total. The maximum absolute atomic E-state index is 14.4. The molecule has 3 fully saturated rings. The number of amides is 1. The molecule has 3 saturated heterocycles. The fourth-order valence-electron chi connectivity index (χ4n) is 6.60. The van der Waals surface area contributed by atoms with Gasteiger partial charge in [0.1, 0.15) is 12.2 Å². The first-order valence-electron chi connectivity index (χ1n) is 14.8. The van der Waals surface area contributed by atoms with Crippen molar-refractivity contribution in [3.8, 4) is 0 Å². The van der Waals surface area contributed by atoms with E-state index in [2.05, 4.69) is 15.5 Å². The largest absolute Gasteiger partial charge is 0.416 e. The zero-order valence-corrected chi connectivity index (χ0v) is 24.1. The Kier molecular flexibility index (Phi) is 7.18. The van der Waals surface area contributed by atoms with Gasteiger partial charge in [-0.05, 0) is 67.2 Å². The van der Waals surface area contributed by atoms with Crippen LogP contribution in [0.2, 0.25) is 0 Å². The van der Waals surface area contributed by atoms with Crippen LogP contribution in [0, 0.1) is 5.92 Å². The number of hydrogen-bond acceptors (Lipinski definition) is 7. The molecule has 7 rings (SSSR count). The van der Waals surface area contributed by atoms with Gasteiger partial charge < -0.3 is 29.2 Å². The van der Waals surface area contributed by atoms with Gasteiger partial charge in [0.25, 0.3) is 5.91 Å². The van der Waals surface area contributed by atoms with E-state index in [4.69, 9.17) is 9.47 Å². The molecule has 0 radical (unpaired) electrons. The monoisotopic (exact) mass is 596 g/mol. The Morgan fingerprint density at radius 3 is 2.58 bits per heavy atom. The fourth-order valence-corrected chi connectivity index (χ4v) is 6.60. The number of carbonyl (C=O) groups is 1. The quantitative estimate of drug-likeness (QED) is 0.425. The summed E-state index contributed by atoms with van der Waals surface area (Å²) < 4.78 is 56.6. The lowest BCUT2D eigenvalue weighted by Crippen LogP contribution is -2.53. The summed E-state index contributed by atoms with van der Waals surface area (Å²) >= 11 is 0. The van der Waals surface area contributed by atoms with Crippen LogP contribution in [0.25, 0.3) is 0 Å². The summed E-state index contributed by atoms with van der Waals surface area (Å²) in [6, 6.07) is 10.3. The Morgan fingerprint density at radius 2 is 1.91 bits per heavy atom. The van der Waals surface area contributed by atoms with Crippen LogP contribution in [-0.4, -0.2) is 72.8 Å². The van der Waals surface area contributed by atoms with E-state index >= 15 is 0 Å². The predicted octanol–water partition coefficient (Wildman–Crippen LogP) is 3.71. The minimum atomic E-state index is -4.59. The van der Waals surface area contributed by atoms with Crippen molar-refractivity contribution in [1.29, 1.82) is 0 Å². The van der Waals surface area contributed by atoms with Gasteiger partial charge in [-0.25, -0.2) is 0 Å². The van der Waals surface area contributed by atoms with Gasteiger partial charge in [-0.15, -0.1) is 10.2 Å². The van der Waals surface area contributed by atoms with Gasteiger partial charge in [0, 0.05) is 48.9 Å². The van der Waals surface area contributed by atoms with Crippen LogP contribution in [0.4, 0.5) is 24.5 Å². The first kappa shape index (κ1) is 28.3. The van der Waals surface area contributed by atoms with Crippen molar-refractivity contribution in [3.05, 3.63) is 70.8 Å². The number of nitrogens with one attached hydrogen (secondary N) is 1. The van der Waals surface area contributed by atoms with Gasteiger partial charge in [-0.3, -0.25) is 4.79 Å². The molecule has 12 heteroatoms. The van der Waals surface area contributed by atoms with Crippen molar-refractivity contribution < 1.29 is 27.4 Å². The molecule has 5 heterocycles. The van der Waals surface area contributed by atoms with Crippen molar-refractivity contribution in [3.63, 3.8) is 0 Å². The van der Waals surface area contributed by atoms with Gasteiger partial charge >= 0.3 is 6.18 Å². The first-order chi connectivity index (χ1) is 20.7. The van der Waals surface area contributed by atoms with Crippen molar-refractivity contribution in [2.24, 2.45) is 13.0 Å². The van der Waals surface area contributed by atoms with Crippen LogP contribution in [-0.2, 0) is 41.1 Å². The highest BCUT2D eigenvalue weighted by Gasteiger charge is 2.44. The number of alkyl halides is 3. The van der Waals surface area contributed by atoms with Gasteiger partial charge in [0.05, 0.1) is 38.0 Å². The highest BCUT2D eigenvalue weighted by atomic mass is 19.4. The van der Waals surface area contributed by atoms with Crippen LogP contribution >= 0.6 is 0 Å². The summed E-state index contributed by atoms with van der Waals surface area (Å²) in [6.07, 6.45) is -0.202. The fraction of sp³-hybridized carbons (Fsp3) is 0.516. The van der Waals surface area contributed by atoms with E-state index in [-0.39, 0.29) is 29.2 Å². The van der Waals surface area contributed by atoms with E-state index in [0.717, 1.165) is 37.3 Å². The number of carbonyl (C=O) groups excluding carboxylic acids is 1. The molecule has 43 heavy (non-hydrogen) atoms. The van der Waals surface area contributed by atoms with E-state index in [0.29, 0.717) is 56.6 Å². The number of nitrogens with zero attached hydrogens (tertiary/aromatic N) is 5. The lowest BCUT2D eigenvalue weighted by molar-refractivity contribution is -0.138. The SMILES string of the molecule is Cn1cnnc1CC1(c2cccc(N3Cc4c(cc(N5CC(OCC6CCNCC6)C5)cc4C(F)(F)F)C3=O)c2)COC1. The first-order valence-corrected chi connectivity index (χ1v) is 14.8. The number of hydrogen-bond donors (Lipinski definition) is 1. The van der Waals surface area contributed by atoms with Gasteiger partial charge in [0.15, 0.2) is 0 Å². The Labute approximate surface area is 248 Å². The molecule has 2 aromatic carbocycles. The molecular formula is C31H35F3N6O3. The number of halogens is 3. The molecule has 9 nitrogen and oxygen atoms in total. The van der Waals surface area contributed by atoms with Crippen LogP contribution in [0.3, 0.4) is 0 Å². The number of aryl methyl sites for hydroxylation is 1. The van der Waals surface area contributed by atoms with Crippen LogP contribution in [0.15, 0.2) is 42.7 Å². The Balaban J connectivity index is 1.10. The average Bonchev–Trinajstić information content (AvgIpc) is 3.51. The summed E-state index contributed by atoms with van der Waals surface area (Å²) in [4.78, 5) is 17.0. The second kappa shape index (κ2) is 10.9. The third kappa shape index (κ3) is 5.29. The molecule has 1 aromatic heterocycles. The number of anilines is 2. The van der Waals surface area contributed by atoms with E-state index < -0.39 is 17.6 Å². The van der Waals surface area contributed by atoms with E-state index in [9.17, 15) is 18.0 Å². The molecular weight excluding hydrogens is 561 g/mol. The van der Waals surface area contributed by atoms with Gasteiger partial charge in [-0.2, -0.15) is 13.2 Å². The second-order valence-electron chi connectivity index (χ2n) is 12.3. The molecule has 0 unspecified atom stereocenters. The zero-order chi connectivity index (χ0) is 29.8.